The number of rotatable bonds is 6. The van der Waals surface area contributed by atoms with Gasteiger partial charge in [-0.05, 0) is 26.0 Å². The van der Waals surface area contributed by atoms with E-state index in [0.717, 1.165) is 6.92 Å². The predicted molar refractivity (Wildman–Crippen MR) is 63.4 cm³/mol. The number of carbonyl (C=O) groups is 1. The molecule has 3 nitrogen and oxygen atoms in total. The number of benzene rings is 1. The second kappa shape index (κ2) is 6.56. The molecule has 0 heterocycles. The van der Waals surface area contributed by atoms with Crippen LogP contribution in [0.4, 0.5) is 13.2 Å². The summed E-state index contributed by atoms with van der Waals surface area (Å²) < 4.78 is 46.3. The molecular formula is C13H15F3O3. The van der Waals surface area contributed by atoms with Crippen molar-refractivity contribution in [2.24, 2.45) is 0 Å². The average molecular weight is 276 g/mol. The first-order valence-electron chi connectivity index (χ1n) is 5.73. The van der Waals surface area contributed by atoms with Crippen molar-refractivity contribution in [2.75, 3.05) is 13.2 Å². The monoisotopic (exact) mass is 276 g/mol. The number of para-hydroxylation sites is 1. The van der Waals surface area contributed by atoms with Crippen LogP contribution in [-0.2, 0) is 4.74 Å². The average Bonchev–Trinajstić information content (AvgIpc) is 2.33. The van der Waals surface area contributed by atoms with Crippen LogP contribution >= 0.6 is 0 Å². The Morgan fingerprint density at radius 3 is 2.47 bits per heavy atom. The largest absolute Gasteiger partial charge is 0.490 e. The van der Waals surface area contributed by atoms with E-state index >= 15 is 0 Å². The van der Waals surface area contributed by atoms with Crippen molar-refractivity contribution >= 4 is 5.78 Å². The number of halogens is 3. The molecule has 1 aromatic rings. The Labute approximate surface area is 109 Å². The molecule has 0 aliphatic heterocycles. The second-order valence-electron chi connectivity index (χ2n) is 3.96. The van der Waals surface area contributed by atoms with E-state index in [4.69, 9.17) is 4.74 Å². The summed E-state index contributed by atoms with van der Waals surface area (Å²) >= 11 is 0. The van der Waals surface area contributed by atoms with Gasteiger partial charge in [-0.3, -0.25) is 4.79 Å². The third kappa shape index (κ3) is 4.90. The van der Waals surface area contributed by atoms with E-state index in [1.807, 2.05) is 0 Å². The fourth-order valence-electron chi connectivity index (χ4n) is 1.35. The summed E-state index contributed by atoms with van der Waals surface area (Å²) in [6.07, 6.45) is -6.21. The summed E-state index contributed by atoms with van der Waals surface area (Å²) in [5.74, 6) is 0.179. The minimum Gasteiger partial charge on any atom is -0.490 e. The highest BCUT2D eigenvalue weighted by molar-refractivity contribution is 5.96. The molecule has 0 radical (unpaired) electrons. The van der Waals surface area contributed by atoms with Crippen molar-refractivity contribution in [2.45, 2.75) is 26.1 Å². The van der Waals surface area contributed by atoms with Gasteiger partial charge >= 0.3 is 6.18 Å². The van der Waals surface area contributed by atoms with Gasteiger partial charge in [-0.2, -0.15) is 13.2 Å². The molecule has 1 atom stereocenters. The first-order valence-corrected chi connectivity index (χ1v) is 5.73. The van der Waals surface area contributed by atoms with Gasteiger partial charge in [0.2, 0.25) is 0 Å². The standard InChI is InChI=1S/C13H15F3O3/c1-9(17)11-5-3-4-6-12(11)19-8-7-18-10(2)13(14,15)16/h3-6,10H,7-8H2,1-2H3. The Morgan fingerprint density at radius 1 is 1.26 bits per heavy atom. The Balaban J connectivity index is 2.44. The molecule has 0 amide bonds. The topological polar surface area (TPSA) is 35.5 Å². The summed E-state index contributed by atoms with van der Waals surface area (Å²) in [4.78, 5) is 11.3. The summed E-state index contributed by atoms with van der Waals surface area (Å²) in [6, 6.07) is 6.55. The van der Waals surface area contributed by atoms with Crippen LogP contribution in [0.2, 0.25) is 0 Å². The van der Waals surface area contributed by atoms with E-state index in [1.165, 1.54) is 6.92 Å². The molecule has 19 heavy (non-hydrogen) atoms. The van der Waals surface area contributed by atoms with Gasteiger partial charge in [-0.25, -0.2) is 0 Å². The zero-order valence-corrected chi connectivity index (χ0v) is 10.7. The molecule has 1 aromatic carbocycles. The molecule has 0 bridgehead atoms. The first-order chi connectivity index (χ1) is 8.82. The van der Waals surface area contributed by atoms with E-state index < -0.39 is 12.3 Å². The summed E-state index contributed by atoms with van der Waals surface area (Å²) in [5.41, 5.74) is 0.395. The van der Waals surface area contributed by atoms with Crippen molar-refractivity contribution < 1.29 is 27.4 Å². The zero-order chi connectivity index (χ0) is 14.5. The highest BCUT2D eigenvalue weighted by Gasteiger charge is 2.36. The normalized spacial score (nSPS) is 13.1. The molecule has 6 heteroatoms. The van der Waals surface area contributed by atoms with Crippen LogP contribution < -0.4 is 4.74 Å². The minimum absolute atomic E-state index is 0.0509. The van der Waals surface area contributed by atoms with Gasteiger partial charge in [0.1, 0.15) is 12.4 Å². The lowest BCUT2D eigenvalue weighted by Crippen LogP contribution is -2.30. The SMILES string of the molecule is CC(=O)c1ccccc1OCCOC(C)C(F)(F)F. The van der Waals surface area contributed by atoms with Crippen molar-refractivity contribution in [1.29, 1.82) is 0 Å². The highest BCUT2D eigenvalue weighted by atomic mass is 19.4. The first kappa shape index (κ1) is 15.5. The van der Waals surface area contributed by atoms with Gasteiger partial charge in [0.25, 0.3) is 0 Å². The molecule has 0 spiro atoms. The van der Waals surface area contributed by atoms with Crippen molar-refractivity contribution in [3.63, 3.8) is 0 Å². The van der Waals surface area contributed by atoms with Gasteiger partial charge in [-0.1, -0.05) is 12.1 Å². The zero-order valence-electron chi connectivity index (χ0n) is 10.7. The lowest BCUT2D eigenvalue weighted by molar-refractivity contribution is -0.215. The van der Waals surface area contributed by atoms with Crippen molar-refractivity contribution in [3.05, 3.63) is 29.8 Å². The Kier molecular flexibility index (Phi) is 5.35. The molecule has 0 N–H and O–H groups in total. The molecule has 0 saturated heterocycles. The Bertz CT molecular complexity index is 429. The van der Waals surface area contributed by atoms with E-state index in [1.54, 1.807) is 24.3 Å². The molecule has 0 fully saturated rings. The maximum absolute atomic E-state index is 12.2. The lowest BCUT2D eigenvalue weighted by atomic mass is 10.1. The number of Topliss-reactive ketones (excluding diaryl/α,β-unsaturated/α-hetero) is 1. The highest BCUT2D eigenvalue weighted by Crippen LogP contribution is 2.22. The van der Waals surface area contributed by atoms with Crippen LogP contribution in [0.5, 0.6) is 5.75 Å². The number of hydrogen-bond donors (Lipinski definition) is 0. The number of hydrogen-bond acceptors (Lipinski definition) is 3. The number of alkyl halides is 3. The van der Waals surface area contributed by atoms with Crippen LogP contribution in [0.1, 0.15) is 24.2 Å². The Hall–Kier alpha value is -1.56. The fraction of sp³-hybridized carbons (Fsp3) is 0.462. The predicted octanol–water partition coefficient (Wildman–Crippen LogP) is 3.24. The lowest BCUT2D eigenvalue weighted by Gasteiger charge is -2.16. The summed E-state index contributed by atoms with van der Waals surface area (Å²) in [7, 11) is 0. The minimum atomic E-state index is -4.38. The number of carbonyl (C=O) groups excluding carboxylic acids is 1. The molecule has 0 saturated carbocycles. The van der Waals surface area contributed by atoms with Crippen LogP contribution in [0.3, 0.4) is 0 Å². The fourth-order valence-corrected chi connectivity index (χ4v) is 1.35. The molecule has 0 aromatic heterocycles. The van der Waals surface area contributed by atoms with Gasteiger partial charge in [0, 0.05) is 0 Å². The van der Waals surface area contributed by atoms with Crippen LogP contribution in [0.25, 0.3) is 0 Å². The number of ether oxygens (including phenoxy) is 2. The van der Waals surface area contributed by atoms with Crippen LogP contribution in [0.15, 0.2) is 24.3 Å². The van der Waals surface area contributed by atoms with E-state index in [9.17, 15) is 18.0 Å². The van der Waals surface area contributed by atoms with Gasteiger partial charge < -0.3 is 9.47 Å². The van der Waals surface area contributed by atoms with Crippen molar-refractivity contribution in [1.82, 2.24) is 0 Å². The van der Waals surface area contributed by atoms with Crippen molar-refractivity contribution in [3.8, 4) is 5.75 Å². The second-order valence-corrected chi connectivity index (χ2v) is 3.96. The van der Waals surface area contributed by atoms with Crippen LogP contribution in [-0.4, -0.2) is 31.3 Å². The molecule has 106 valence electrons. The van der Waals surface area contributed by atoms with E-state index in [0.29, 0.717) is 11.3 Å². The third-order valence-electron chi connectivity index (χ3n) is 2.44. The summed E-state index contributed by atoms with van der Waals surface area (Å²) in [6.45, 7) is 2.07. The quantitative estimate of drug-likeness (QED) is 0.591. The smallest absolute Gasteiger partial charge is 0.414 e. The molecule has 1 unspecified atom stereocenters. The number of ketones is 1. The molecular weight excluding hydrogens is 261 g/mol. The third-order valence-corrected chi connectivity index (χ3v) is 2.44. The van der Waals surface area contributed by atoms with E-state index in [2.05, 4.69) is 4.74 Å². The van der Waals surface area contributed by atoms with Crippen LogP contribution in [0, 0.1) is 0 Å². The molecule has 0 aliphatic rings. The van der Waals surface area contributed by atoms with Gasteiger partial charge in [0.15, 0.2) is 11.9 Å². The Morgan fingerprint density at radius 2 is 1.89 bits per heavy atom. The van der Waals surface area contributed by atoms with E-state index in [-0.39, 0.29) is 19.0 Å². The maximum atomic E-state index is 12.2. The van der Waals surface area contributed by atoms with Gasteiger partial charge in [0.05, 0.1) is 12.2 Å². The van der Waals surface area contributed by atoms with Gasteiger partial charge in [-0.15, -0.1) is 0 Å². The summed E-state index contributed by atoms with van der Waals surface area (Å²) in [5, 5.41) is 0. The molecule has 0 aliphatic carbocycles. The maximum Gasteiger partial charge on any atom is 0.414 e. The molecule has 1 rings (SSSR count).